The molecule has 0 aliphatic rings. The summed E-state index contributed by atoms with van der Waals surface area (Å²) in [5.41, 5.74) is 1.60. The Morgan fingerprint density at radius 1 is 1.32 bits per heavy atom. The summed E-state index contributed by atoms with van der Waals surface area (Å²) in [5, 5.41) is 0.962. The highest BCUT2D eigenvalue weighted by Gasteiger charge is 2.22. The lowest BCUT2D eigenvalue weighted by Crippen LogP contribution is -2.21. The van der Waals surface area contributed by atoms with Gasteiger partial charge < -0.3 is 18.8 Å². The first-order valence-electron chi connectivity index (χ1n) is 7.52. The summed E-state index contributed by atoms with van der Waals surface area (Å²) < 4.78 is 15.9. The van der Waals surface area contributed by atoms with Crippen LogP contribution in [0.15, 0.2) is 28.7 Å². The Bertz CT molecular complexity index is 620. The molecule has 5 heteroatoms. The van der Waals surface area contributed by atoms with Gasteiger partial charge in [0.15, 0.2) is 0 Å². The van der Waals surface area contributed by atoms with Gasteiger partial charge >= 0.3 is 5.97 Å². The predicted molar refractivity (Wildman–Crippen MR) is 85.0 cm³/mol. The number of carbonyl (C=O) groups excluding carboxylic acids is 1. The van der Waals surface area contributed by atoms with Crippen LogP contribution >= 0.6 is 0 Å². The molecule has 0 amide bonds. The maximum Gasteiger partial charge on any atom is 0.374 e. The number of nitrogens with zero attached hydrogens (tertiary/aromatic N) is 1. The molecule has 120 valence electrons. The van der Waals surface area contributed by atoms with Crippen LogP contribution in [0.25, 0.3) is 11.0 Å². The Morgan fingerprint density at radius 3 is 2.82 bits per heavy atom. The summed E-state index contributed by atoms with van der Waals surface area (Å²) >= 11 is 0. The van der Waals surface area contributed by atoms with Gasteiger partial charge in [0, 0.05) is 37.8 Å². The van der Waals surface area contributed by atoms with Crippen molar-refractivity contribution < 1.29 is 18.7 Å². The summed E-state index contributed by atoms with van der Waals surface area (Å²) in [4.78, 5) is 14.3. The number of benzene rings is 1. The second kappa shape index (κ2) is 7.96. The maximum atomic E-state index is 12.1. The van der Waals surface area contributed by atoms with Crippen molar-refractivity contribution in [1.82, 2.24) is 4.90 Å². The number of fused-ring (bicyclic) bond motifs is 1. The highest BCUT2D eigenvalue weighted by atomic mass is 16.5. The summed E-state index contributed by atoms with van der Waals surface area (Å²) in [6, 6.07) is 7.68. The number of hydrogen-bond donors (Lipinski definition) is 0. The van der Waals surface area contributed by atoms with Gasteiger partial charge in [-0.3, -0.25) is 0 Å². The Kier molecular flexibility index (Phi) is 5.98. The van der Waals surface area contributed by atoms with Gasteiger partial charge in [-0.25, -0.2) is 4.79 Å². The van der Waals surface area contributed by atoms with Gasteiger partial charge in [-0.15, -0.1) is 0 Å². The van der Waals surface area contributed by atoms with Crippen LogP contribution in [0.2, 0.25) is 0 Å². The molecule has 22 heavy (non-hydrogen) atoms. The van der Waals surface area contributed by atoms with Crippen LogP contribution in [0.3, 0.4) is 0 Å². The third-order valence-electron chi connectivity index (χ3n) is 3.48. The van der Waals surface area contributed by atoms with E-state index in [4.69, 9.17) is 13.9 Å². The highest BCUT2D eigenvalue weighted by Crippen LogP contribution is 2.27. The lowest BCUT2D eigenvalue weighted by atomic mass is 10.1. The largest absolute Gasteiger partial charge is 0.460 e. The number of hydrogen-bond acceptors (Lipinski definition) is 5. The lowest BCUT2D eigenvalue weighted by molar-refractivity contribution is 0.0489. The fraction of sp³-hybridized carbons (Fsp3) is 0.471. The average Bonchev–Trinajstić information content (AvgIpc) is 2.87. The van der Waals surface area contributed by atoms with Crippen molar-refractivity contribution in [3.63, 3.8) is 0 Å². The molecule has 1 aromatic heterocycles. The first-order chi connectivity index (χ1) is 10.7. The molecule has 0 saturated carbocycles. The number of esters is 1. The minimum Gasteiger partial charge on any atom is -0.460 e. The molecule has 0 radical (unpaired) electrons. The van der Waals surface area contributed by atoms with Crippen molar-refractivity contribution in [2.24, 2.45) is 0 Å². The predicted octanol–water partition coefficient (Wildman–Crippen LogP) is 3.08. The Balaban J connectivity index is 2.25. The molecule has 0 spiro atoms. The number of para-hydroxylation sites is 1. The van der Waals surface area contributed by atoms with Gasteiger partial charge in [-0.2, -0.15) is 0 Å². The van der Waals surface area contributed by atoms with E-state index in [-0.39, 0.29) is 0 Å². The Morgan fingerprint density at radius 2 is 2.09 bits per heavy atom. The minimum atomic E-state index is -0.404. The summed E-state index contributed by atoms with van der Waals surface area (Å²) in [7, 11) is 3.72. The SMILES string of the molecule is CCOC(=O)c1oc2ccccc2c1CN(C)CCCOC. The Labute approximate surface area is 130 Å². The molecule has 1 aromatic carbocycles. The lowest BCUT2D eigenvalue weighted by Gasteiger charge is -2.16. The minimum absolute atomic E-state index is 0.307. The van der Waals surface area contributed by atoms with Gasteiger partial charge in [0.25, 0.3) is 0 Å². The van der Waals surface area contributed by atoms with Crippen molar-refractivity contribution >= 4 is 16.9 Å². The first-order valence-corrected chi connectivity index (χ1v) is 7.52. The van der Waals surface area contributed by atoms with Gasteiger partial charge in [0.2, 0.25) is 5.76 Å². The second-order valence-corrected chi connectivity index (χ2v) is 5.21. The van der Waals surface area contributed by atoms with E-state index >= 15 is 0 Å². The average molecular weight is 305 g/mol. The monoisotopic (exact) mass is 305 g/mol. The summed E-state index contributed by atoms with van der Waals surface area (Å²) in [6.45, 7) is 4.36. The van der Waals surface area contributed by atoms with E-state index in [2.05, 4.69) is 4.90 Å². The van der Waals surface area contributed by atoms with Crippen LogP contribution in [0.1, 0.15) is 29.5 Å². The van der Waals surface area contributed by atoms with Crippen LogP contribution in [-0.4, -0.2) is 44.8 Å². The molecular weight excluding hydrogens is 282 g/mol. The quantitative estimate of drug-likeness (QED) is 0.554. The molecule has 0 fully saturated rings. The number of furan rings is 1. The van der Waals surface area contributed by atoms with Crippen LogP contribution in [0, 0.1) is 0 Å². The van der Waals surface area contributed by atoms with E-state index in [1.54, 1.807) is 14.0 Å². The van der Waals surface area contributed by atoms with E-state index in [0.29, 0.717) is 24.5 Å². The van der Waals surface area contributed by atoms with Gasteiger partial charge in [-0.05, 0) is 26.5 Å². The highest BCUT2D eigenvalue weighted by molar-refractivity contribution is 5.96. The molecule has 0 N–H and O–H groups in total. The third-order valence-corrected chi connectivity index (χ3v) is 3.48. The number of methoxy groups -OCH3 is 1. The molecule has 0 atom stereocenters. The van der Waals surface area contributed by atoms with Crippen molar-refractivity contribution in [3.05, 3.63) is 35.6 Å². The van der Waals surface area contributed by atoms with E-state index in [1.165, 1.54) is 0 Å². The fourth-order valence-corrected chi connectivity index (χ4v) is 2.45. The van der Waals surface area contributed by atoms with Crippen molar-refractivity contribution in [2.45, 2.75) is 19.9 Å². The first kappa shape index (κ1) is 16.5. The molecule has 2 aromatic rings. The van der Waals surface area contributed by atoms with Crippen molar-refractivity contribution in [3.8, 4) is 0 Å². The van der Waals surface area contributed by atoms with Crippen molar-refractivity contribution in [2.75, 3.05) is 33.9 Å². The summed E-state index contributed by atoms with van der Waals surface area (Å²) in [6.07, 6.45) is 0.942. The standard InChI is InChI=1S/C17H23NO4/c1-4-21-17(19)16-14(12-18(2)10-7-11-20-3)13-8-5-6-9-15(13)22-16/h5-6,8-9H,4,7,10-12H2,1-3H3. The molecule has 0 bridgehead atoms. The fourth-order valence-electron chi connectivity index (χ4n) is 2.45. The van der Waals surface area contributed by atoms with Gasteiger partial charge in [-0.1, -0.05) is 18.2 Å². The second-order valence-electron chi connectivity index (χ2n) is 5.21. The molecule has 0 aliphatic carbocycles. The number of ether oxygens (including phenoxy) is 2. The van der Waals surface area contributed by atoms with E-state index in [0.717, 1.165) is 30.5 Å². The molecule has 1 heterocycles. The molecule has 2 rings (SSSR count). The molecular formula is C17H23NO4. The number of carbonyl (C=O) groups is 1. The molecule has 0 unspecified atom stereocenters. The molecule has 0 saturated heterocycles. The topological polar surface area (TPSA) is 51.9 Å². The zero-order valence-electron chi connectivity index (χ0n) is 13.4. The smallest absolute Gasteiger partial charge is 0.374 e. The zero-order chi connectivity index (χ0) is 15.9. The number of rotatable bonds is 8. The van der Waals surface area contributed by atoms with Crippen LogP contribution in [-0.2, 0) is 16.0 Å². The van der Waals surface area contributed by atoms with Gasteiger partial charge in [0.05, 0.1) is 6.61 Å². The third kappa shape index (κ3) is 3.87. The normalized spacial score (nSPS) is 11.3. The van der Waals surface area contributed by atoms with Gasteiger partial charge in [0.1, 0.15) is 5.58 Å². The van der Waals surface area contributed by atoms with Crippen LogP contribution < -0.4 is 0 Å². The molecule has 5 nitrogen and oxygen atoms in total. The van der Waals surface area contributed by atoms with Crippen LogP contribution in [0.4, 0.5) is 0 Å². The summed E-state index contributed by atoms with van der Waals surface area (Å²) in [5.74, 6) is -0.0966. The van der Waals surface area contributed by atoms with E-state index in [9.17, 15) is 4.79 Å². The maximum absolute atomic E-state index is 12.1. The van der Waals surface area contributed by atoms with E-state index in [1.807, 2.05) is 31.3 Å². The van der Waals surface area contributed by atoms with Crippen LogP contribution in [0.5, 0.6) is 0 Å². The Hall–Kier alpha value is -1.85. The molecule has 0 aliphatic heterocycles. The zero-order valence-corrected chi connectivity index (χ0v) is 13.4. The van der Waals surface area contributed by atoms with E-state index < -0.39 is 5.97 Å². The van der Waals surface area contributed by atoms with Crippen molar-refractivity contribution in [1.29, 1.82) is 0 Å².